The van der Waals surface area contributed by atoms with E-state index in [2.05, 4.69) is 19.9 Å². The van der Waals surface area contributed by atoms with Crippen LogP contribution in [0.25, 0.3) is 17.0 Å². The lowest BCUT2D eigenvalue weighted by molar-refractivity contribution is 0.0804. The maximum atomic E-state index is 12.9. The Balaban J connectivity index is 1.65. The predicted octanol–water partition coefficient (Wildman–Crippen LogP) is 1.97. The zero-order chi connectivity index (χ0) is 20.8. The van der Waals surface area contributed by atoms with E-state index in [0.29, 0.717) is 48.0 Å². The standard InChI is InChI=1S/C20H19N7O2S/c1-12-10-22-16(30-12)11-26-9-8-25(2)19(28)13-5-6-15(23-18(13)26)27-14-4-3-7-21-17(14)24-20(27)29/h3-7,10H,8-9,11H2,1-2H3,(H,21,24,29). The van der Waals surface area contributed by atoms with Crippen LogP contribution in [-0.2, 0) is 6.54 Å². The third-order valence-electron chi connectivity index (χ3n) is 5.12. The van der Waals surface area contributed by atoms with Crippen molar-refractivity contribution in [1.29, 1.82) is 0 Å². The molecular formula is C20H19N7O2S. The number of rotatable bonds is 3. The van der Waals surface area contributed by atoms with E-state index in [1.54, 1.807) is 47.7 Å². The van der Waals surface area contributed by atoms with Gasteiger partial charge in [0, 0.05) is 37.4 Å². The summed E-state index contributed by atoms with van der Waals surface area (Å²) in [6.07, 6.45) is 3.47. The van der Waals surface area contributed by atoms with Crippen molar-refractivity contribution >= 4 is 34.2 Å². The summed E-state index contributed by atoms with van der Waals surface area (Å²) in [5.41, 5.74) is 1.31. The monoisotopic (exact) mass is 421 g/mol. The fourth-order valence-electron chi connectivity index (χ4n) is 3.61. The van der Waals surface area contributed by atoms with Crippen LogP contribution >= 0.6 is 11.3 Å². The first kappa shape index (κ1) is 18.5. The first-order valence-electron chi connectivity index (χ1n) is 9.50. The van der Waals surface area contributed by atoms with Gasteiger partial charge in [-0.25, -0.2) is 24.3 Å². The van der Waals surface area contributed by atoms with Crippen molar-refractivity contribution in [1.82, 2.24) is 29.4 Å². The zero-order valence-corrected chi connectivity index (χ0v) is 17.3. The molecule has 0 fully saturated rings. The molecule has 0 aromatic carbocycles. The summed E-state index contributed by atoms with van der Waals surface area (Å²) >= 11 is 1.62. The molecule has 1 amide bonds. The summed E-state index contributed by atoms with van der Waals surface area (Å²) < 4.78 is 1.48. The number of aryl methyl sites for hydroxylation is 1. The van der Waals surface area contributed by atoms with Crippen molar-refractivity contribution < 1.29 is 4.79 Å². The van der Waals surface area contributed by atoms with E-state index in [1.165, 1.54) is 4.57 Å². The lowest BCUT2D eigenvalue weighted by Crippen LogP contribution is -2.31. The van der Waals surface area contributed by atoms with Gasteiger partial charge in [-0.1, -0.05) is 0 Å². The summed E-state index contributed by atoms with van der Waals surface area (Å²) in [6, 6.07) is 7.01. The number of pyridine rings is 2. The van der Waals surface area contributed by atoms with Gasteiger partial charge in [-0.2, -0.15) is 0 Å². The molecule has 0 unspecified atom stereocenters. The van der Waals surface area contributed by atoms with Crippen molar-refractivity contribution in [2.45, 2.75) is 13.5 Å². The average molecular weight is 421 g/mol. The van der Waals surface area contributed by atoms with Gasteiger partial charge in [-0.3, -0.25) is 9.78 Å². The highest BCUT2D eigenvalue weighted by Crippen LogP contribution is 2.27. The van der Waals surface area contributed by atoms with Crippen LogP contribution in [0.2, 0.25) is 0 Å². The van der Waals surface area contributed by atoms with Crippen molar-refractivity contribution in [3.63, 3.8) is 0 Å². The van der Waals surface area contributed by atoms with Gasteiger partial charge in [-0.05, 0) is 31.2 Å². The summed E-state index contributed by atoms with van der Waals surface area (Å²) in [6.45, 7) is 3.76. The Morgan fingerprint density at radius 3 is 2.83 bits per heavy atom. The van der Waals surface area contributed by atoms with E-state index in [4.69, 9.17) is 4.98 Å². The molecule has 1 aliphatic rings. The molecule has 1 aliphatic heterocycles. The van der Waals surface area contributed by atoms with Gasteiger partial charge < -0.3 is 9.80 Å². The maximum absolute atomic E-state index is 12.9. The van der Waals surface area contributed by atoms with Gasteiger partial charge >= 0.3 is 5.69 Å². The van der Waals surface area contributed by atoms with Gasteiger partial charge in [0.05, 0.1) is 17.6 Å². The van der Waals surface area contributed by atoms with Gasteiger partial charge in [0.2, 0.25) is 0 Å². The van der Waals surface area contributed by atoms with E-state index in [-0.39, 0.29) is 11.6 Å². The third-order valence-corrected chi connectivity index (χ3v) is 6.02. The molecule has 0 aliphatic carbocycles. The number of amides is 1. The first-order chi connectivity index (χ1) is 14.5. The Morgan fingerprint density at radius 1 is 1.17 bits per heavy atom. The second kappa shape index (κ2) is 7.06. The van der Waals surface area contributed by atoms with Gasteiger partial charge in [0.1, 0.15) is 16.6 Å². The fraction of sp³-hybridized carbons (Fsp3) is 0.250. The van der Waals surface area contributed by atoms with Crippen LogP contribution in [0.4, 0.5) is 5.82 Å². The molecule has 9 nitrogen and oxygen atoms in total. The number of carbonyl (C=O) groups excluding carboxylic acids is 1. The number of thiazole rings is 1. The Bertz CT molecular complexity index is 1320. The summed E-state index contributed by atoms with van der Waals surface area (Å²) in [7, 11) is 1.78. The Kier molecular flexibility index (Phi) is 4.35. The number of likely N-dealkylation sites (N-methyl/N-ethyl adjacent to an activating group) is 1. The van der Waals surface area contributed by atoms with Crippen LogP contribution < -0.4 is 10.6 Å². The van der Waals surface area contributed by atoms with Gasteiger partial charge in [0.15, 0.2) is 5.65 Å². The first-order valence-corrected chi connectivity index (χ1v) is 10.3. The number of imidazole rings is 1. The molecule has 5 heterocycles. The number of H-pyrrole nitrogens is 1. The number of anilines is 1. The van der Waals surface area contributed by atoms with E-state index >= 15 is 0 Å². The van der Waals surface area contributed by atoms with Gasteiger partial charge in [0.25, 0.3) is 5.91 Å². The normalized spacial score (nSPS) is 14.3. The highest BCUT2D eigenvalue weighted by molar-refractivity contribution is 7.11. The third kappa shape index (κ3) is 3.05. The molecule has 152 valence electrons. The van der Waals surface area contributed by atoms with Crippen LogP contribution in [0, 0.1) is 6.92 Å². The summed E-state index contributed by atoms with van der Waals surface area (Å²) in [5.74, 6) is 0.908. The summed E-state index contributed by atoms with van der Waals surface area (Å²) in [4.78, 5) is 46.5. The Hall–Kier alpha value is -3.53. The predicted molar refractivity (Wildman–Crippen MR) is 114 cm³/mol. The Morgan fingerprint density at radius 2 is 2.03 bits per heavy atom. The number of aromatic amines is 1. The van der Waals surface area contributed by atoms with Crippen molar-refractivity contribution in [2.24, 2.45) is 0 Å². The summed E-state index contributed by atoms with van der Waals surface area (Å²) in [5, 5.41) is 0.955. The molecule has 0 bridgehead atoms. The molecule has 0 spiro atoms. The molecule has 0 saturated heterocycles. The van der Waals surface area contributed by atoms with Crippen LogP contribution in [-0.4, -0.2) is 55.4 Å². The lowest BCUT2D eigenvalue weighted by Gasteiger charge is -2.22. The van der Waals surface area contributed by atoms with Crippen LogP contribution in [0.1, 0.15) is 20.2 Å². The number of nitrogens with one attached hydrogen (secondary N) is 1. The van der Waals surface area contributed by atoms with E-state index in [9.17, 15) is 9.59 Å². The van der Waals surface area contributed by atoms with Crippen LogP contribution in [0.15, 0.2) is 41.5 Å². The van der Waals surface area contributed by atoms with Crippen LogP contribution in [0.3, 0.4) is 0 Å². The number of hydrogen-bond acceptors (Lipinski definition) is 7. The minimum absolute atomic E-state index is 0.0881. The molecule has 4 aromatic heterocycles. The van der Waals surface area contributed by atoms with Crippen molar-refractivity contribution in [2.75, 3.05) is 25.0 Å². The smallest absolute Gasteiger partial charge is 0.333 e. The number of nitrogens with zero attached hydrogens (tertiary/aromatic N) is 6. The lowest BCUT2D eigenvalue weighted by atomic mass is 10.2. The molecule has 4 aromatic rings. The maximum Gasteiger partial charge on any atom is 0.333 e. The van der Waals surface area contributed by atoms with Crippen LogP contribution in [0.5, 0.6) is 0 Å². The SMILES string of the molecule is Cc1cnc(CN2CCN(C)C(=O)c3ccc(-n4c(=O)[nH]c5ncccc54)nc32)s1. The highest BCUT2D eigenvalue weighted by Gasteiger charge is 2.27. The highest BCUT2D eigenvalue weighted by atomic mass is 32.1. The second-order valence-electron chi connectivity index (χ2n) is 7.19. The van der Waals surface area contributed by atoms with Gasteiger partial charge in [-0.15, -0.1) is 11.3 Å². The molecule has 5 rings (SSSR count). The average Bonchev–Trinajstić information content (AvgIpc) is 3.28. The minimum Gasteiger partial charge on any atom is -0.347 e. The molecule has 0 atom stereocenters. The largest absolute Gasteiger partial charge is 0.347 e. The Labute approximate surface area is 175 Å². The molecule has 1 N–H and O–H groups in total. The van der Waals surface area contributed by atoms with Crippen molar-refractivity contribution in [3.8, 4) is 5.82 Å². The molecular weight excluding hydrogens is 402 g/mol. The van der Waals surface area contributed by atoms with E-state index in [0.717, 1.165) is 9.88 Å². The second-order valence-corrected chi connectivity index (χ2v) is 8.51. The number of fused-ring (bicyclic) bond motifs is 2. The zero-order valence-electron chi connectivity index (χ0n) is 16.5. The quantitative estimate of drug-likeness (QED) is 0.543. The number of aromatic nitrogens is 5. The van der Waals surface area contributed by atoms with E-state index in [1.807, 2.05) is 19.2 Å². The molecule has 0 radical (unpaired) electrons. The van der Waals surface area contributed by atoms with Crippen molar-refractivity contribution in [3.05, 3.63) is 62.6 Å². The number of carbonyl (C=O) groups is 1. The molecule has 30 heavy (non-hydrogen) atoms. The topological polar surface area (TPSA) is 100 Å². The minimum atomic E-state index is -0.324. The fourth-order valence-corrected chi connectivity index (χ4v) is 4.42. The molecule has 0 saturated carbocycles. The molecule has 10 heteroatoms. The van der Waals surface area contributed by atoms with E-state index < -0.39 is 0 Å². The number of hydrogen-bond donors (Lipinski definition) is 1.